The Morgan fingerprint density at radius 1 is 1.07 bits per heavy atom. The number of esters is 1. The standard InChI is InChI=1S/C28H46NO10P/c1-2-3-4-5-6-7-8-9-12-18-36-24-14-11-10-13-22(24)15-16-27(30)38-25-17-19-35-21-26(25)39-40(33,34)37-20-23(29)28(31)32/h10-11,13-14,23,25-26H,2-9,12,15-21,29H2,1H3,(H,31,32)(H,33,34)/t23-,25+,26-/m0/s1. The van der Waals surface area contributed by atoms with Crippen LogP contribution in [0.1, 0.15) is 83.1 Å². The lowest BCUT2D eigenvalue weighted by Crippen LogP contribution is -2.41. The average molecular weight is 588 g/mol. The summed E-state index contributed by atoms with van der Waals surface area (Å²) >= 11 is 0. The molecule has 0 saturated carbocycles. The van der Waals surface area contributed by atoms with E-state index in [1.165, 1.54) is 44.9 Å². The summed E-state index contributed by atoms with van der Waals surface area (Å²) < 4.78 is 38.9. The van der Waals surface area contributed by atoms with Gasteiger partial charge in [-0.25, -0.2) is 4.57 Å². The van der Waals surface area contributed by atoms with Gasteiger partial charge < -0.3 is 29.9 Å². The van der Waals surface area contributed by atoms with Crippen LogP contribution in [0.5, 0.6) is 5.75 Å². The predicted molar refractivity (Wildman–Crippen MR) is 149 cm³/mol. The highest BCUT2D eigenvalue weighted by Crippen LogP contribution is 2.46. The molecule has 4 atom stereocenters. The van der Waals surface area contributed by atoms with Crippen LogP contribution in [0.4, 0.5) is 0 Å². The smallest absolute Gasteiger partial charge is 0.472 e. The van der Waals surface area contributed by atoms with Crippen molar-refractivity contribution in [2.24, 2.45) is 5.73 Å². The Morgan fingerprint density at radius 2 is 1.75 bits per heavy atom. The van der Waals surface area contributed by atoms with Crippen molar-refractivity contribution in [3.8, 4) is 5.75 Å². The first-order chi connectivity index (χ1) is 19.2. The van der Waals surface area contributed by atoms with Crippen LogP contribution >= 0.6 is 7.82 Å². The van der Waals surface area contributed by atoms with Gasteiger partial charge in [0.2, 0.25) is 0 Å². The summed E-state index contributed by atoms with van der Waals surface area (Å²) in [5.74, 6) is -1.13. The van der Waals surface area contributed by atoms with Crippen LogP contribution in [0.25, 0.3) is 0 Å². The van der Waals surface area contributed by atoms with E-state index in [9.17, 15) is 19.0 Å². The summed E-state index contributed by atoms with van der Waals surface area (Å²) in [5, 5.41) is 8.80. The first-order valence-electron chi connectivity index (χ1n) is 14.3. The number of aliphatic carboxylic acids is 1. The largest absolute Gasteiger partial charge is 0.493 e. The van der Waals surface area contributed by atoms with Crippen LogP contribution < -0.4 is 10.5 Å². The monoisotopic (exact) mass is 587 g/mol. The van der Waals surface area contributed by atoms with E-state index in [1.807, 2.05) is 24.3 Å². The van der Waals surface area contributed by atoms with Crippen LogP contribution in [-0.4, -0.2) is 66.6 Å². The van der Waals surface area contributed by atoms with Crippen molar-refractivity contribution in [3.05, 3.63) is 29.8 Å². The average Bonchev–Trinajstić information content (AvgIpc) is 2.93. The molecule has 1 unspecified atom stereocenters. The van der Waals surface area contributed by atoms with Crippen molar-refractivity contribution in [2.75, 3.05) is 26.4 Å². The number of ether oxygens (including phenoxy) is 3. The van der Waals surface area contributed by atoms with Gasteiger partial charge in [-0.15, -0.1) is 0 Å². The number of hydrogen-bond donors (Lipinski definition) is 3. The Balaban J connectivity index is 1.74. The van der Waals surface area contributed by atoms with E-state index in [4.69, 9.17) is 29.6 Å². The molecule has 1 fully saturated rings. The second-order valence-corrected chi connectivity index (χ2v) is 11.4. The van der Waals surface area contributed by atoms with Gasteiger partial charge in [0.05, 0.1) is 26.4 Å². The molecule has 1 heterocycles. The molecule has 1 aromatic carbocycles. The molecule has 0 bridgehead atoms. The first-order valence-corrected chi connectivity index (χ1v) is 15.8. The maximum absolute atomic E-state index is 12.6. The molecule has 0 spiro atoms. The molecular formula is C28H46NO10P. The second-order valence-electron chi connectivity index (χ2n) is 10.0. The van der Waals surface area contributed by atoms with Gasteiger partial charge in [0.25, 0.3) is 0 Å². The number of benzene rings is 1. The number of phosphoric acid groups is 1. The molecule has 1 aliphatic rings. The van der Waals surface area contributed by atoms with Crippen LogP contribution in [0.15, 0.2) is 24.3 Å². The van der Waals surface area contributed by atoms with Gasteiger partial charge in [0.1, 0.15) is 24.0 Å². The molecule has 1 aliphatic heterocycles. The molecule has 0 aromatic heterocycles. The van der Waals surface area contributed by atoms with Gasteiger partial charge in [-0.05, 0) is 24.5 Å². The Morgan fingerprint density at radius 3 is 2.45 bits per heavy atom. The summed E-state index contributed by atoms with van der Waals surface area (Å²) in [7, 11) is -4.66. The lowest BCUT2D eigenvalue weighted by atomic mass is 10.1. The SMILES string of the molecule is CCCCCCCCCCCOc1ccccc1CCC(=O)O[C@@H]1CCOC[C@@H]1OP(=O)(O)OC[C@H](N)C(=O)O. The fourth-order valence-electron chi connectivity index (χ4n) is 4.28. The zero-order valence-electron chi connectivity index (χ0n) is 23.5. The molecule has 2 rings (SSSR count). The Hall–Kier alpha value is -2.01. The Bertz CT molecular complexity index is 930. The third kappa shape index (κ3) is 14.1. The molecule has 0 amide bonds. The summed E-state index contributed by atoms with van der Waals surface area (Å²) in [4.78, 5) is 33.4. The lowest BCUT2D eigenvalue weighted by molar-refractivity contribution is -0.164. The first kappa shape index (κ1) is 34.2. The molecule has 1 saturated heterocycles. The fraction of sp³-hybridized carbons (Fsp3) is 0.714. The van der Waals surface area contributed by atoms with Gasteiger partial charge in [-0.2, -0.15) is 0 Å². The van der Waals surface area contributed by atoms with E-state index in [1.54, 1.807) is 0 Å². The highest BCUT2D eigenvalue weighted by atomic mass is 31.2. The van der Waals surface area contributed by atoms with Crippen molar-refractivity contribution in [3.63, 3.8) is 0 Å². The number of phosphoric ester groups is 1. The van der Waals surface area contributed by atoms with E-state index in [0.717, 1.165) is 24.2 Å². The van der Waals surface area contributed by atoms with E-state index >= 15 is 0 Å². The summed E-state index contributed by atoms with van der Waals surface area (Å²) in [6.07, 6.45) is 10.0. The van der Waals surface area contributed by atoms with Crippen molar-refractivity contribution in [1.82, 2.24) is 0 Å². The highest BCUT2D eigenvalue weighted by molar-refractivity contribution is 7.47. The minimum absolute atomic E-state index is 0.0865. The molecule has 0 radical (unpaired) electrons. The van der Waals surface area contributed by atoms with Crippen molar-refractivity contribution < 1.29 is 47.4 Å². The number of aryl methyl sites for hydroxylation is 1. The van der Waals surface area contributed by atoms with Crippen LogP contribution in [0, 0.1) is 0 Å². The maximum Gasteiger partial charge on any atom is 0.472 e. The number of rotatable bonds is 21. The number of unbranched alkanes of at least 4 members (excludes halogenated alkanes) is 8. The Labute approximate surface area is 237 Å². The summed E-state index contributed by atoms with van der Waals surface area (Å²) in [6, 6.07) is 6.11. The zero-order valence-corrected chi connectivity index (χ0v) is 24.4. The van der Waals surface area contributed by atoms with E-state index in [0.29, 0.717) is 13.0 Å². The number of para-hydroxylation sites is 1. The van der Waals surface area contributed by atoms with Crippen LogP contribution in [-0.2, 0) is 39.1 Å². The number of carbonyl (C=O) groups is 2. The zero-order chi connectivity index (χ0) is 29.2. The van der Waals surface area contributed by atoms with Gasteiger partial charge in [0.15, 0.2) is 0 Å². The fourth-order valence-corrected chi connectivity index (χ4v) is 5.23. The molecule has 0 aliphatic carbocycles. The van der Waals surface area contributed by atoms with Gasteiger partial charge in [-0.3, -0.25) is 18.6 Å². The van der Waals surface area contributed by atoms with Gasteiger partial charge in [-0.1, -0.05) is 76.5 Å². The van der Waals surface area contributed by atoms with Crippen molar-refractivity contribution in [2.45, 2.75) is 102 Å². The molecule has 11 nitrogen and oxygen atoms in total. The van der Waals surface area contributed by atoms with Crippen molar-refractivity contribution in [1.29, 1.82) is 0 Å². The predicted octanol–water partition coefficient (Wildman–Crippen LogP) is 4.78. The minimum atomic E-state index is -4.66. The molecule has 1 aromatic rings. The van der Waals surface area contributed by atoms with E-state index < -0.39 is 44.6 Å². The normalized spacial score (nSPS) is 19.5. The number of carboxylic acid groups (broad SMARTS) is 1. The molecular weight excluding hydrogens is 541 g/mol. The van der Waals surface area contributed by atoms with E-state index in [2.05, 4.69) is 11.4 Å². The van der Waals surface area contributed by atoms with Crippen LogP contribution in [0.3, 0.4) is 0 Å². The van der Waals surface area contributed by atoms with Gasteiger partial charge >= 0.3 is 19.8 Å². The maximum atomic E-state index is 12.6. The third-order valence-electron chi connectivity index (χ3n) is 6.61. The summed E-state index contributed by atoms with van der Waals surface area (Å²) in [6.45, 7) is 2.33. The Kier molecular flexibility index (Phi) is 16.4. The molecule has 228 valence electrons. The van der Waals surface area contributed by atoms with Gasteiger partial charge in [0, 0.05) is 12.8 Å². The number of nitrogens with two attached hydrogens (primary N) is 1. The topological polar surface area (TPSA) is 164 Å². The number of carboxylic acids is 1. The minimum Gasteiger partial charge on any atom is -0.493 e. The number of carbonyl (C=O) groups excluding carboxylic acids is 1. The summed E-state index contributed by atoms with van der Waals surface area (Å²) in [5.41, 5.74) is 6.20. The van der Waals surface area contributed by atoms with Crippen molar-refractivity contribution >= 4 is 19.8 Å². The molecule has 12 heteroatoms. The molecule has 40 heavy (non-hydrogen) atoms. The van der Waals surface area contributed by atoms with E-state index in [-0.39, 0.29) is 26.1 Å². The second kappa shape index (κ2) is 19.2. The number of hydrogen-bond acceptors (Lipinski definition) is 9. The quantitative estimate of drug-likeness (QED) is 0.103. The highest BCUT2D eigenvalue weighted by Gasteiger charge is 2.37. The molecule has 4 N–H and O–H groups in total. The van der Waals surface area contributed by atoms with Crippen LogP contribution in [0.2, 0.25) is 0 Å². The third-order valence-corrected chi connectivity index (χ3v) is 7.62. The lowest BCUT2D eigenvalue weighted by Gasteiger charge is -2.31.